The molecule has 7 rings (SSSR count). The fourth-order valence-corrected chi connectivity index (χ4v) is 8.28. The lowest BCUT2D eigenvalue weighted by Gasteiger charge is -2.32. The second-order valence-electron chi connectivity index (χ2n) is 15.4. The zero-order valence-electron chi connectivity index (χ0n) is 30.6. The smallest absolute Gasteiger partial charge is 0.137 e. The second-order valence-corrected chi connectivity index (χ2v) is 15.4. The van der Waals surface area contributed by atoms with Crippen LogP contribution in [0.3, 0.4) is 0 Å². The van der Waals surface area contributed by atoms with Gasteiger partial charge in [-0.3, -0.25) is 4.57 Å². The van der Waals surface area contributed by atoms with Crippen molar-refractivity contribution in [3.63, 3.8) is 0 Å². The summed E-state index contributed by atoms with van der Waals surface area (Å²) in [6.07, 6.45) is 7.71. The van der Waals surface area contributed by atoms with Gasteiger partial charge in [-0.25, -0.2) is 9.67 Å². The Morgan fingerprint density at radius 1 is 0.857 bits per heavy atom. The third-order valence-electron chi connectivity index (χ3n) is 10.5. The Bertz CT molecular complexity index is 2210. The van der Waals surface area contributed by atoms with Crippen LogP contribution in [0.4, 0.5) is 0 Å². The fourth-order valence-electron chi connectivity index (χ4n) is 8.28. The van der Waals surface area contributed by atoms with Gasteiger partial charge in [0, 0.05) is 46.3 Å². The van der Waals surface area contributed by atoms with E-state index in [0.717, 1.165) is 52.6 Å². The van der Waals surface area contributed by atoms with Gasteiger partial charge in [-0.1, -0.05) is 77.8 Å². The largest absolute Gasteiger partial charge is 0.457 e. The monoisotopic (exact) mass is 650 g/mol. The van der Waals surface area contributed by atoms with Gasteiger partial charge in [0.25, 0.3) is 0 Å². The van der Waals surface area contributed by atoms with Crippen molar-refractivity contribution in [2.45, 2.75) is 92.9 Å². The molecule has 3 aromatic carbocycles. The van der Waals surface area contributed by atoms with Gasteiger partial charge in [0.2, 0.25) is 0 Å². The van der Waals surface area contributed by atoms with E-state index in [1.165, 1.54) is 45.2 Å². The van der Waals surface area contributed by atoms with E-state index < -0.39 is 0 Å². The summed E-state index contributed by atoms with van der Waals surface area (Å²) >= 11 is 0. The molecule has 49 heavy (non-hydrogen) atoms. The number of nitrogens with zero attached hydrogens (tertiary/aromatic N) is 4. The van der Waals surface area contributed by atoms with Crippen molar-refractivity contribution >= 4 is 21.8 Å². The molecule has 0 amide bonds. The Kier molecular flexibility index (Phi) is 8.50. The lowest BCUT2D eigenvalue weighted by Crippen LogP contribution is -2.20. The first-order valence-electron chi connectivity index (χ1n) is 18.0. The van der Waals surface area contributed by atoms with Crippen LogP contribution in [0.5, 0.6) is 11.5 Å². The van der Waals surface area contributed by atoms with E-state index in [0.29, 0.717) is 17.8 Å². The summed E-state index contributed by atoms with van der Waals surface area (Å²) in [5.74, 6) is 4.11. The lowest BCUT2D eigenvalue weighted by atomic mass is 9.72. The minimum absolute atomic E-state index is 0.0774. The second kappa shape index (κ2) is 12.7. The summed E-state index contributed by atoms with van der Waals surface area (Å²) in [6.45, 7) is 20.4. The van der Waals surface area contributed by atoms with Crippen LogP contribution >= 0.6 is 0 Å². The number of hydrogen-bond acceptors (Lipinski definition) is 3. The van der Waals surface area contributed by atoms with Gasteiger partial charge >= 0.3 is 0 Å². The molecule has 0 bridgehead atoms. The van der Waals surface area contributed by atoms with Gasteiger partial charge in [-0.15, -0.1) is 0 Å². The number of hydrogen-bond donors (Lipinski definition) is 0. The van der Waals surface area contributed by atoms with Crippen molar-refractivity contribution < 1.29 is 4.74 Å². The highest BCUT2D eigenvalue weighted by Gasteiger charge is 2.31. The van der Waals surface area contributed by atoms with E-state index in [2.05, 4.69) is 150 Å². The molecule has 0 unspecified atom stereocenters. The summed E-state index contributed by atoms with van der Waals surface area (Å²) in [5.41, 5.74) is 10.8. The minimum Gasteiger partial charge on any atom is -0.457 e. The zero-order valence-corrected chi connectivity index (χ0v) is 30.6. The third kappa shape index (κ3) is 6.09. The number of pyridine rings is 1. The van der Waals surface area contributed by atoms with Crippen LogP contribution in [0.25, 0.3) is 33.3 Å². The molecule has 5 heteroatoms. The third-order valence-corrected chi connectivity index (χ3v) is 10.5. The number of fused-ring (bicyclic) bond motifs is 3. The first-order chi connectivity index (χ1) is 23.4. The first-order valence-corrected chi connectivity index (χ1v) is 18.0. The molecular weight excluding hydrogens is 601 g/mol. The van der Waals surface area contributed by atoms with Crippen molar-refractivity contribution in [1.29, 1.82) is 0 Å². The maximum Gasteiger partial charge on any atom is 0.137 e. The van der Waals surface area contributed by atoms with Crippen molar-refractivity contribution in [1.82, 2.24) is 19.3 Å². The maximum absolute atomic E-state index is 6.79. The molecule has 0 spiro atoms. The van der Waals surface area contributed by atoms with Gasteiger partial charge in [-0.05, 0) is 104 Å². The minimum atomic E-state index is -0.0774. The lowest BCUT2D eigenvalue weighted by molar-refractivity contribution is 0.390. The number of allylic oxidation sites excluding steroid dienone is 2. The molecule has 0 saturated heterocycles. The van der Waals surface area contributed by atoms with Gasteiger partial charge in [0.1, 0.15) is 17.3 Å². The van der Waals surface area contributed by atoms with Crippen molar-refractivity contribution in [2.24, 2.45) is 11.8 Å². The average molecular weight is 651 g/mol. The maximum atomic E-state index is 6.79. The highest BCUT2D eigenvalue weighted by Crippen LogP contribution is 2.43. The average Bonchev–Trinajstić information content (AvgIpc) is 3.53. The van der Waals surface area contributed by atoms with E-state index in [1.54, 1.807) is 0 Å². The van der Waals surface area contributed by atoms with Gasteiger partial charge in [-0.2, -0.15) is 5.10 Å². The Hall–Kier alpha value is -4.64. The summed E-state index contributed by atoms with van der Waals surface area (Å²) < 4.78 is 11.2. The summed E-state index contributed by atoms with van der Waals surface area (Å²) in [4.78, 5) is 4.83. The Morgan fingerprint density at radius 2 is 1.63 bits per heavy atom. The number of ether oxygens (including phenoxy) is 1. The van der Waals surface area contributed by atoms with Crippen molar-refractivity contribution in [3.8, 4) is 23.0 Å². The quantitative estimate of drug-likeness (QED) is 0.162. The number of para-hydroxylation sites is 1. The predicted molar refractivity (Wildman–Crippen MR) is 204 cm³/mol. The summed E-state index contributed by atoms with van der Waals surface area (Å²) in [6, 6.07) is 26.0. The molecule has 5 nitrogen and oxygen atoms in total. The molecule has 0 radical (unpaired) electrons. The van der Waals surface area contributed by atoms with Crippen LogP contribution in [0.2, 0.25) is 0 Å². The SMILES string of the molecule is CCCc1ccnc(-n2c3ccccc3c3ccc(Oc4cc(-n5nc(C)c([C@H]6C(C)=C[C@H](C)C[C@@H]6C)c5C)cc(C(C)(C)C)c4)cc32)c1. The van der Waals surface area contributed by atoms with E-state index in [4.69, 9.17) is 14.8 Å². The summed E-state index contributed by atoms with van der Waals surface area (Å²) in [5, 5.41) is 7.55. The molecule has 0 aliphatic heterocycles. The molecule has 6 aromatic rings. The summed E-state index contributed by atoms with van der Waals surface area (Å²) in [7, 11) is 0. The number of rotatable bonds is 7. The Morgan fingerprint density at radius 3 is 2.39 bits per heavy atom. The van der Waals surface area contributed by atoms with Gasteiger partial charge in [0.15, 0.2) is 0 Å². The fraction of sp³-hybridized carbons (Fsp3) is 0.364. The molecule has 252 valence electrons. The standard InChI is InChI=1S/C44H50N4O/c1-10-13-32-18-19-45-41(22-32)47-39-15-12-11-14-37(39)38-17-16-35(26-40(38)47)49-36-24-33(44(7,8)9)23-34(25-36)48-31(6)43(30(5)46-48)42-28(3)20-27(2)21-29(42)4/h11-12,14-20,22-27,29,42H,10,13,21H2,1-9H3/t27-,29-,42-/m0/s1. The van der Waals surface area contributed by atoms with E-state index in [-0.39, 0.29) is 5.41 Å². The number of aromatic nitrogens is 4. The highest BCUT2D eigenvalue weighted by molar-refractivity contribution is 6.09. The van der Waals surface area contributed by atoms with Crippen molar-refractivity contribution in [2.75, 3.05) is 0 Å². The van der Waals surface area contributed by atoms with E-state index in [9.17, 15) is 0 Å². The molecule has 3 atom stereocenters. The van der Waals surface area contributed by atoms with E-state index in [1.807, 2.05) is 6.20 Å². The van der Waals surface area contributed by atoms with E-state index >= 15 is 0 Å². The van der Waals surface area contributed by atoms with Crippen LogP contribution in [-0.2, 0) is 11.8 Å². The molecule has 3 heterocycles. The highest BCUT2D eigenvalue weighted by atomic mass is 16.5. The predicted octanol–water partition coefficient (Wildman–Crippen LogP) is 11.7. The molecular formula is C44H50N4O. The number of benzene rings is 3. The molecule has 0 saturated carbocycles. The molecule has 0 fully saturated rings. The van der Waals surface area contributed by atoms with Crippen molar-refractivity contribution in [3.05, 3.63) is 119 Å². The normalized spacial score (nSPS) is 18.3. The van der Waals surface area contributed by atoms with Gasteiger partial charge in [0.05, 0.1) is 22.4 Å². The Balaban J connectivity index is 1.33. The van der Waals surface area contributed by atoms with Crippen LogP contribution in [0.15, 0.2) is 90.6 Å². The van der Waals surface area contributed by atoms with Crippen LogP contribution in [0, 0.1) is 25.7 Å². The molecule has 3 aromatic heterocycles. The van der Waals surface area contributed by atoms with Crippen LogP contribution < -0.4 is 4.74 Å². The van der Waals surface area contributed by atoms with Crippen LogP contribution in [0.1, 0.15) is 95.3 Å². The number of aryl methyl sites for hydroxylation is 2. The zero-order chi connectivity index (χ0) is 34.6. The van der Waals surface area contributed by atoms with Gasteiger partial charge < -0.3 is 4.74 Å². The molecule has 0 N–H and O–H groups in total. The molecule has 1 aliphatic carbocycles. The Labute approximate surface area is 291 Å². The topological polar surface area (TPSA) is 44.9 Å². The molecule has 1 aliphatic rings. The first kappa shape index (κ1) is 32.9. The van der Waals surface area contributed by atoms with Crippen LogP contribution in [-0.4, -0.2) is 19.3 Å².